The van der Waals surface area contributed by atoms with Crippen molar-refractivity contribution < 1.29 is 23.9 Å². The van der Waals surface area contributed by atoms with Crippen LogP contribution in [0.3, 0.4) is 0 Å². The van der Waals surface area contributed by atoms with Crippen LogP contribution in [0.5, 0.6) is 5.75 Å². The molecular weight excluding hydrogens is 324 g/mol. The summed E-state index contributed by atoms with van der Waals surface area (Å²) in [6, 6.07) is 8.88. The molecular formula is C18H24N2O5. The van der Waals surface area contributed by atoms with E-state index in [1.165, 1.54) is 0 Å². The van der Waals surface area contributed by atoms with Gasteiger partial charge in [0.25, 0.3) is 5.91 Å². The maximum Gasteiger partial charge on any atom is 0.321 e. The number of esters is 1. The number of amides is 3. The molecule has 7 heteroatoms. The van der Waals surface area contributed by atoms with E-state index in [1.54, 1.807) is 0 Å². The number of imide groups is 1. The molecule has 2 N–H and O–H groups in total. The van der Waals surface area contributed by atoms with Crippen LogP contribution in [0.1, 0.15) is 38.5 Å². The highest BCUT2D eigenvalue weighted by Crippen LogP contribution is 2.17. The zero-order chi connectivity index (χ0) is 17.9. The first-order chi connectivity index (χ1) is 12.1. The molecule has 0 aliphatic heterocycles. The van der Waals surface area contributed by atoms with E-state index in [9.17, 15) is 14.4 Å². The number of urea groups is 1. The van der Waals surface area contributed by atoms with Crippen molar-refractivity contribution in [2.45, 2.75) is 44.6 Å². The average Bonchev–Trinajstić information content (AvgIpc) is 3.10. The fourth-order valence-electron chi connectivity index (χ4n) is 2.60. The fourth-order valence-corrected chi connectivity index (χ4v) is 2.60. The quantitative estimate of drug-likeness (QED) is 0.555. The summed E-state index contributed by atoms with van der Waals surface area (Å²) in [5.41, 5.74) is 0. The summed E-state index contributed by atoms with van der Waals surface area (Å²) in [6.45, 7) is -0.0778. The second-order valence-corrected chi connectivity index (χ2v) is 5.93. The molecule has 0 spiro atoms. The first-order valence-corrected chi connectivity index (χ1v) is 8.57. The molecule has 0 bridgehead atoms. The van der Waals surface area contributed by atoms with Crippen LogP contribution in [0.15, 0.2) is 30.3 Å². The van der Waals surface area contributed by atoms with Gasteiger partial charge in [-0.15, -0.1) is 0 Å². The van der Waals surface area contributed by atoms with Gasteiger partial charge in [0.2, 0.25) is 0 Å². The molecule has 7 nitrogen and oxygen atoms in total. The van der Waals surface area contributed by atoms with Crippen molar-refractivity contribution in [3.63, 3.8) is 0 Å². The molecule has 0 saturated heterocycles. The van der Waals surface area contributed by atoms with Crippen LogP contribution in [-0.2, 0) is 14.3 Å². The summed E-state index contributed by atoms with van der Waals surface area (Å²) < 4.78 is 10.3. The number of para-hydroxylation sites is 1. The number of carbonyl (C=O) groups excluding carboxylic acids is 3. The molecule has 1 aliphatic carbocycles. The first-order valence-electron chi connectivity index (χ1n) is 8.57. The molecule has 0 unspecified atom stereocenters. The van der Waals surface area contributed by atoms with Crippen molar-refractivity contribution in [2.75, 3.05) is 13.2 Å². The number of ether oxygens (including phenoxy) is 2. The zero-order valence-electron chi connectivity index (χ0n) is 14.2. The molecule has 25 heavy (non-hydrogen) atoms. The van der Waals surface area contributed by atoms with Gasteiger partial charge >= 0.3 is 12.0 Å². The number of benzene rings is 1. The van der Waals surface area contributed by atoms with Crippen LogP contribution < -0.4 is 15.4 Å². The molecule has 1 aromatic carbocycles. The van der Waals surface area contributed by atoms with E-state index in [4.69, 9.17) is 9.47 Å². The Bertz CT molecular complexity index is 570. The van der Waals surface area contributed by atoms with Gasteiger partial charge in [-0.05, 0) is 31.4 Å². The molecule has 0 atom stereocenters. The Balaban J connectivity index is 1.51. The van der Waals surface area contributed by atoms with E-state index in [0.29, 0.717) is 13.0 Å². The van der Waals surface area contributed by atoms with Gasteiger partial charge in [0, 0.05) is 12.5 Å². The summed E-state index contributed by atoms with van der Waals surface area (Å²) in [5.74, 6) is -0.393. The Morgan fingerprint density at radius 3 is 2.52 bits per heavy atom. The highest BCUT2D eigenvalue weighted by Gasteiger charge is 2.18. The number of nitrogens with one attached hydrogen (secondary N) is 2. The largest absolute Gasteiger partial charge is 0.494 e. The van der Waals surface area contributed by atoms with Crippen molar-refractivity contribution in [3.05, 3.63) is 30.3 Å². The lowest BCUT2D eigenvalue weighted by Gasteiger charge is -2.12. The smallest absolute Gasteiger partial charge is 0.321 e. The van der Waals surface area contributed by atoms with Crippen LogP contribution in [0, 0.1) is 0 Å². The number of hydrogen-bond donors (Lipinski definition) is 2. The summed E-state index contributed by atoms with van der Waals surface area (Å²) in [7, 11) is 0. The topological polar surface area (TPSA) is 93.7 Å². The minimum Gasteiger partial charge on any atom is -0.494 e. The highest BCUT2D eigenvalue weighted by atomic mass is 16.5. The van der Waals surface area contributed by atoms with Gasteiger partial charge in [0.15, 0.2) is 6.61 Å². The van der Waals surface area contributed by atoms with Gasteiger partial charge in [-0.2, -0.15) is 0 Å². The SMILES string of the molecule is O=C(COC(=O)CCCOc1ccccc1)NC(=O)NC1CCCC1. The molecule has 0 radical (unpaired) electrons. The lowest BCUT2D eigenvalue weighted by molar-refractivity contribution is -0.148. The standard InChI is InChI=1S/C18H24N2O5/c21-16(20-18(23)19-14-7-4-5-8-14)13-25-17(22)11-6-12-24-15-9-2-1-3-10-15/h1-3,9-10,14H,4-8,11-13H2,(H2,19,20,21,23). The minimum atomic E-state index is -0.635. The third-order valence-corrected chi connectivity index (χ3v) is 3.84. The Labute approximate surface area is 147 Å². The number of hydrogen-bond acceptors (Lipinski definition) is 5. The molecule has 1 aromatic rings. The molecule has 2 rings (SSSR count). The van der Waals surface area contributed by atoms with Crippen LogP contribution in [-0.4, -0.2) is 37.2 Å². The molecule has 3 amide bonds. The summed E-state index contributed by atoms with van der Waals surface area (Å²) in [6.07, 6.45) is 4.67. The zero-order valence-corrected chi connectivity index (χ0v) is 14.2. The summed E-state index contributed by atoms with van der Waals surface area (Å²) >= 11 is 0. The normalized spacial score (nSPS) is 13.9. The second kappa shape index (κ2) is 10.3. The molecule has 1 saturated carbocycles. The van der Waals surface area contributed by atoms with Crippen LogP contribution >= 0.6 is 0 Å². The van der Waals surface area contributed by atoms with Crippen LogP contribution in [0.25, 0.3) is 0 Å². The Morgan fingerprint density at radius 2 is 1.80 bits per heavy atom. The van der Waals surface area contributed by atoms with Gasteiger partial charge < -0.3 is 14.8 Å². The Kier molecular flexibility index (Phi) is 7.75. The second-order valence-electron chi connectivity index (χ2n) is 5.93. The van der Waals surface area contributed by atoms with Crippen molar-refractivity contribution in [3.8, 4) is 5.75 Å². The predicted molar refractivity (Wildman–Crippen MR) is 91.1 cm³/mol. The fraction of sp³-hybridized carbons (Fsp3) is 0.500. The Hall–Kier alpha value is -2.57. The van der Waals surface area contributed by atoms with E-state index in [-0.39, 0.29) is 12.5 Å². The van der Waals surface area contributed by atoms with E-state index in [0.717, 1.165) is 31.4 Å². The van der Waals surface area contributed by atoms with Crippen molar-refractivity contribution in [2.24, 2.45) is 0 Å². The molecule has 0 aromatic heterocycles. The first kappa shape index (κ1) is 18.8. The van der Waals surface area contributed by atoms with E-state index in [1.807, 2.05) is 30.3 Å². The Morgan fingerprint density at radius 1 is 1.08 bits per heavy atom. The predicted octanol–water partition coefficient (Wildman–Crippen LogP) is 2.16. The maximum atomic E-state index is 11.6. The van der Waals surface area contributed by atoms with Crippen molar-refractivity contribution in [1.82, 2.24) is 10.6 Å². The lowest BCUT2D eigenvalue weighted by Crippen LogP contribution is -2.44. The molecule has 136 valence electrons. The van der Waals surface area contributed by atoms with E-state index < -0.39 is 24.5 Å². The minimum absolute atomic E-state index is 0.125. The molecule has 1 aliphatic rings. The van der Waals surface area contributed by atoms with Crippen LogP contribution in [0.4, 0.5) is 4.79 Å². The third kappa shape index (κ3) is 7.69. The van der Waals surface area contributed by atoms with Gasteiger partial charge in [0.1, 0.15) is 5.75 Å². The van der Waals surface area contributed by atoms with Crippen LogP contribution in [0.2, 0.25) is 0 Å². The van der Waals surface area contributed by atoms with Crippen molar-refractivity contribution in [1.29, 1.82) is 0 Å². The summed E-state index contributed by atoms with van der Waals surface area (Å²) in [4.78, 5) is 34.7. The molecule has 1 fully saturated rings. The maximum absolute atomic E-state index is 11.6. The number of carbonyl (C=O) groups is 3. The van der Waals surface area contributed by atoms with Gasteiger partial charge in [0.05, 0.1) is 6.61 Å². The monoisotopic (exact) mass is 348 g/mol. The van der Waals surface area contributed by atoms with Gasteiger partial charge in [-0.3, -0.25) is 14.9 Å². The third-order valence-electron chi connectivity index (χ3n) is 3.84. The van der Waals surface area contributed by atoms with Crippen molar-refractivity contribution >= 4 is 17.9 Å². The van der Waals surface area contributed by atoms with Gasteiger partial charge in [-0.1, -0.05) is 31.0 Å². The average molecular weight is 348 g/mol. The molecule has 0 heterocycles. The summed E-state index contributed by atoms with van der Waals surface area (Å²) in [5, 5.41) is 4.89. The van der Waals surface area contributed by atoms with E-state index >= 15 is 0 Å². The number of rotatable bonds is 8. The van der Waals surface area contributed by atoms with Gasteiger partial charge in [-0.25, -0.2) is 4.79 Å². The lowest BCUT2D eigenvalue weighted by atomic mass is 10.2. The van der Waals surface area contributed by atoms with E-state index in [2.05, 4.69) is 10.6 Å². The highest BCUT2D eigenvalue weighted by molar-refractivity contribution is 5.95.